The van der Waals surface area contributed by atoms with Crippen molar-refractivity contribution in [2.24, 2.45) is 0 Å². The molecule has 1 aliphatic heterocycles. The Morgan fingerprint density at radius 1 is 1.42 bits per heavy atom. The first-order chi connectivity index (χ1) is 8.97. The minimum atomic E-state index is -1.47. The van der Waals surface area contributed by atoms with E-state index < -0.39 is 23.7 Å². The van der Waals surface area contributed by atoms with Gasteiger partial charge in [0.15, 0.2) is 0 Å². The van der Waals surface area contributed by atoms with Crippen LogP contribution >= 0.6 is 27.7 Å². The number of amides is 2. The van der Waals surface area contributed by atoms with Gasteiger partial charge in [-0.3, -0.25) is 14.5 Å². The highest BCUT2D eigenvalue weighted by molar-refractivity contribution is 9.10. The molecule has 0 bridgehead atoms. The number of carboxylic acid groups (broad SMARTS) is 1. The molecule has 2 amide bonds. The van der Waals surface area contributed by atoms with Crippen molar-refractivity contribution >= 4 is 50.9 Å². The summed E-state index contributed by atoms with van der Waals surface area (Å²) in [5.41, 5.74) is 0.744. The molecule has 0 aliphatic carbocycles. The Kier molecular flexibility index (Phi) is 4.06. The standard InChI is InChI=1S/C12H8BrNO4S/c13-8-3-1-2-7(4-8)5-9-11(17)14(6-10(15)16)12(18)19-9/h1-5H,6H2,(H,15,16)/p-1/b9-5+. The van der Waals surface area contributed by atoms with Crippen LogP contribution in [-0.2, 0) is 9.59 Å². The largest absolute Gasteiger partial charge is 0.548 e. The van der Waals surface area contributed by atoms with E-state index in [4.69, 9.17) is 0 Å². The molecular formula is C12H7BrNO4S-. The second-order valence-electron chi connectivity index (χ2n) is 3.69. The first-order valence-electron chi connectivity index (χ1n) is 5.18. The van der Waals surface area contributed by atoms with Gasteiger partial charge in [0.05, 0.1) is 17.4 Å². The van der Waals surface area contributed by atoms with Crippen molar-refractivity contribution in [2.75, 3.05) is 6.54 Å². The molecule has 1 aliphatic rings. The first kappa shape index (κ1) is 13.8. The number of imide groups is 1. The summed E-state index contributed by atoms with van der Waals surface area (Å²) in [7, 11) is 0. The predicted molar refractivity (Wildman–Crippen MR) is 71.8 cm³/mol. The zero-order valence-electron chi connectivity index (χ0n) is 9.46. The van der Waals surface area contributed by atoms with E-state index in [2.05, 4.69) is 15.9 Å². The van der Waals surface area contributed by atoms with Crippen LogP contribution in [-0.4, -0.2) is 28.6 Å². The van der Waals surface area contributed by atoms with E-state index in [1.54, 1.807) is 24.3 Å². The van der Waals surface area contributed by atoms with E-state index in [0.717, 1.165) is 10.0 Å². The lowest BCUT2D eigenvalue weighted by atomic mass is 10.2. The van der Waals surface area contributed by atoms with Crippen LogP contribution in [0.2, 0.25) is 0 Å². The summed E-state index contributed by atoms with van der Waals surface area (Å²) >= 11 is 4.02. The molecule has 0 saturated carbocycles. The van der Waals surface area contributed by atoms with Gasteiger partial charge in [-0.15, -0.1) is 0 Å². The number of thioether (sulfide) groups is 1. The number of carbonyl (C=O) groups is 3. The van der Waals surface area contributed by atoms with E-state index in [9.17, 15) is 19.5 Å². The summed E-state index contributed by atoms with van der Waals surface area (Å²) in [5.74, 6) is -2.08. The van der Waals surface area contributed by atoms with Gasteiger partial charge < -0.3 is 9.90 Å². The van der Waals surface area contributed by atoms with Crippen LogP contribution < -0.4 is 5.11 Å². The van der Waals surface area contributed by atoms with Gasteiger partial charge in [0, 0.05) is 4.47 Å². The second kappa shape index (κ2) is 5.58. The van der Waals surface area contributed by atoms with Gasteiger partial charge in [-0.25, -0.2) is 0 Å². The fourth-order valence-electron chi connectivity index (χ4n) is 1.51. The number of aliphatic carboxylic acids is 1. The Morgan fingerprint density at radius 2 is 2.16 bits per heavy atom. The van der Waals surface area contributed by atoms with Crippen LogP contribution in [0.15, 0.2) is 33.6 Å². The van der Waals surface area contributed by atoms with E-state index in [1.165, 1.54) is 0 Å². The maximum Gasteiger partial charge on any atom is 0.293 e. The Morgan fingerprint density at radius 3 is 2.79 bits per heavy atom. The first-order valence-corrected chi connectivity index (χ1v) is 6.79. The molecule has 1 heterocycles. The fourth-order valence-corrected chi connectivity index (χ4v) is 2.77. The molecule has 98 valence electrons. The van der Waals surface area contributed by atoms with Crippen LogP contribution in [0.3, 0.4) is 0 Å². The van der Waals surface area contributed by atoms with Crippen molar-refractivity contribution in [3.05, 3.63) is 39.2 Å². The summed E-state index contributed by atoms with van der Waals surface area (Å²) in [4.78, 5) is 34.7. The molecule has 7 heteroatoms. The highest BCUT2D eigenvalue weighted by Gasteiger charge is 2.34. The average molecular weight is 341 g/mol. The molecule has 0 atom stereocenters. The summed E-state index contributed by atoms with van der Waals surface area (Å²) in [6, 6.07) is 7.19. The highest BCUT2D eigenvalue weighted by atomic mass is 79.9. The van der Waals surface area contributed by atoms with Gasteiger partial charge in [-0.05, 0) is 35.5 Å². The maximum atomic E-state index is 11.9. The van der Waals surface area contributed by atoms with Gasteiger partial charge in [-0.2, -0.15) is 0 Å². The molecule has 0 unspecified atom stereocenters. The molecule has 1 aromatic rings. The molecule has 1 fully saturated rings. The zero-order chi connectivity index (χ0) is 14.0. The van der Waals surface area contributed by atoms with Crippen LogP contribution in [0.1, 0.15) is 5.56 Å². The van der Waals surface area contributed by atoms with E-state index in [1.807, 2.05) is 6.07 Å². The number of benzene rings is 1. The van der Waals surface area contributed by atoms with Gasteiger partial charge in [0.1, 0.15) is 0 Å². The van der Waals surface area contributed by atoms with Crippen LogP contribution in [0.4, 0.5) is 4.79 Å². The smallest absolute Gasteiger partial charge is 0.293 e. The Labute approximate surface area is 121 Å². The van der Waals surface area contributed by atoms with Crippen molar-refractivity contribution in [1.82, 2.24) is 4.90 Å². The lowest BCUT2D eigenvalue weighted by molar-refractivity contribution is -0.305. The number of carboxylic acids is 1. The lowest BCUT2D eigenvalue weighted by Crippen LogP contribution is -2.40. The molecular weight excluding hydrogens is 334 g/mol. The Hall–Kier alpha value is -1.60. The van der Waals surface area contributed by atoms with Crippen LogP contribution in [0.5, 0.6) is 0 Å². The predicted octanol–water partition coefficient (Wildman–Crippen LogP) is 1.24. The normalized spacial score (nSPS) is 17.3. The minimum Gasteiger partial charge on any atom is -0.548 e. The number of halogens is 1. The molecule has 0 aromatic heterocycles. The minimum absolute atomic E-state index is 0.198. The van der Waals surface area contributed by atoms with Gasteiger partial charge >= 0.3 is 0 Å². The number of hydrogen-bond acceptors (Lipinski definition) is 5. The molecule has 2 rings (SSSR count). The molecule has 1 aromatic carbocycles. The van der Waals surface area contributed by atoms with Gasteiger partial charge in [0.25, 0.3) is 11.1 Å². The van der Waals surface area contributed by atoms with Crippen LogP contribution in [0, 0.1) is 0 Å². The fraction of sp³-hybridized carbons (Fsp3) is 0.0833. The van der Waals surface area contributed by atoms with Crippen molar-refractivity contribution in [2.45, 2.75) is 0 Å². The SMILES string of the molecule is O=C([O-])CN1C(=O)S/C(=C/c2cccc(Br)c2)C1=O. The zero-order valence-corrected chi connectivity index (χ0v) is 11.9. The van der Waals surface area contributed by atoms with Gasteiger partial charge in [0.2, 0.25) is 0 Å². The number of rotatable bonds is 3. The number of nitrogens with zero attached hydrogens (tertiary/aromatic N) is 1. The Balaban J connectivity index is 2.25. The second-order valence-corrected chi connectivity index (χ2v) is 5.60. The quantitative estimate of drug-likeness (QED) is 0.773. The third-order valence-electron chi connectivity index (χ3n) is 2.31. The average Bonchev–Trinajstić information content (AvgIpc) is 2.57. The third kappa shape index (κ3) is 3.24. The van der Waals surface area contributed by atoms with Crippen molar-refractivity contribution < 1.29 is 19.5 Å². The Bertz CT molecular complexity index is 599. The number of carbonyl (C=O) groups excluding carboxylic acids is 3. The van der Waals surface area contributed by atoms with Gasteiger partial charge in [-0.1, -0.05) is 28.1 Å². The van der Waals surface area contributed by atoms with E-state index in [-0.39, 0.29) is 4.91 Å². The lowest BCUT2D eigenvalue weighted by Gasteiger charge is -2.12. The van der Waals surface area contributed by atoms with E-state index >= 15 is 0 Å². The van der Waals surface area contributed by atoms with E-state index in [0.29, 0.717) is 16.7 Å². The summed E-state index contributed by atoms with van der Waals surface area (Å²) in [6.07, 6.45) is 1.55. The third-order valence-corrected chi connectivity index (χ3v) is 3.71. The molecule has 19 heavy (non-hydrogen) atoms. The molecule has 0 radical (unpaired) electrons. The summed E-state index contributed by atoms with van der Waals surface area (Å²) in [6.45, 7) is -0.722. The monoisotopic (exact) mass is 340 g/mol. The summed E-state index contributed by atoms with van der Waals surface area (Å²) in [5, 5.41) is 9.86. The van der Waals surface area contributed by atoms with Crippen molar-refractivity contribution in [3.63, 3.8) is 0 Å². The molecule has 0 N–H and O–H groups in total. The molecule has 1 saturated heterocycles. The maximum absolute atomic E-state index is 11.9. The topological polar surface area (TPSA) is 77.5 Å². The highest BCUT2D eigenvalue weighted by Crippen LogP contribution is 2.32. The molecule has 0 spiro atoms. The van der Waals surface area contributed by atoms with Crippen LogP contribution in [0.25, 0.3) is 6.08 Å². The number of hydrogen-bond donors (Lipinski definition) is 0. The van der Waals surface area contributed by atoms with Crippen molar-refractivity contribution in [1.29, 1.82) is 0 Å². The summed E-state index contributed by atoms with van der Waals surface area (Å²) < 4.78 is 0.843. The van der Waals surface area contributed by atoms with Crippen molar-refractivity contribution in [3.8, 4) is 0 Å². The molecule has 5 nitrogen and oxygen atoms in total.